The predicted octanol–water partition coefficient (Wildman–Crippen LogP) is 4.61. The van der Waals surface area contributed by atoms with Gasteiger partial charge in [0.15, 0.2) is 11.8 Å². The predicted molar refractivity (Wildman–Crippen MR) is 103 cm³/mol. The van der Waals surface area contributed by atoms with Gasteiger partial charge in [-0.15, -0.1) is 0 Å². The van der Waals surface area contributed by atoms with Gasteiger partial charge in [-0.2, -0.15) is 0 Å². The number of ether oxygens (including phenoxy) is 1. The molecule has 4 rings (SSSR count). The Hall–Kier alpha value is -3.08. The number of anilines is 1. The molecule has 0 aliphatic carbocycles. The quantitative estimate of drug-likeness (QED) is 0.501. The molecule has 3 aromatic rings. The average molecular weight is 362 g/mol. The van der Waals surface area contributed by atoms with Gasteiger partial charge in [-0.25, -0.2) is 9.78 Å². The highest BCUT2D eigenvalue weighted by atomic mass is 16.6. The SMILES string of the molecule is CC(C)(C)OC(=O)[C@@H]1[C@H](c2ncc(-c3ccccc3)o2)N1c1ccccc1. The largest absolute Gasteiger partial charge is 0.458 e. The molecule has 0 unspecified atom stereocenters. The van der Waals surface area contributed by atoms with Gasteiger partial charge in [-0.3, -0.25) is 0 Å². The molecule has 1 fully saturated rings. The second kappa shape index (κ2) is 6.58. The zero-order valence-corrected chi connectivity index (χ0v) is 15.6. The smallest absolute Gasteiger partial charge is 0.332 e. The van der Waals surface area contributed by atoms with Crippen molar-refractivity contribution in [2.45, 2.75) is 38.5 Å². The number of hydrogen-bond acceptors (Lipinski definition) is 5. The van der Waals surface area contributed by atoms with E-state index in [1.54, 1.807) is 6.20 Å². The van der Waals surface area contributed by atoms with Crippen LogP contribution in [0.4, 0.5) is 5.69 Å². The third-order valence-electron chi connectivity index (χ3n) is 4.35. The van der Waals surface area contributed by atoms with Crippen LogP contribution >= 0.6 is 0 Å². The van der Waals surface area contributed by atoms with Crippen molar-refractivity contribution in [1.82, 2.24) is 4.98 Å². The summed E-state index contributed by atoms with van der Waals surface area (Å²) in [6, 6.07) is 18.9. The summed E-state index contributed by atoms with van der Waals surface area (Å²) in [5.41, 5.74) is 1.35. The zero-order valence-electron chi connectivity index (χ0n) is 15.6. The van der Waals surface area contributed by atoms with Gasteiger partial charge in [0.05, 0.1) is 6.20 Å². The first-order chi connectivity index (χ1) is 12.9. The van der Waals surface area contributed by atoms with Crippen molar-refractivity contribution in [3.05, 3.63) is 72.8 Å². The molecule has 1 saturated heterocycles. The first kappa shape index (κ1) is 17.3. The second-order valence-corrected chi connectivity index (χ2v) is 7.59. The molecule has 5 nitrogen and oxygen atoms in total. The van der Waals surface area contributed by atoms with Gasteiger partial charge in [-0.05, 0) is 32.9 Å². The molecule has 1 aromatic heterocycles. The van der Waals surface area contributed by atoms with Gasteiger partial charge in [0, 0.05) is 11.3 Å². The van der Waals surface area contributed by atoms with Crippen LogP contribution in [0.1, 0.15) is 32.7 Å². The maximum Gasteiger partial charge on any atom is 0.332 e. The molecule has 2 aromatic carbocycles. The molecule has 0 spiro atoms. The summed E-state index contributed by atoms with van der Waals surface area (Å²) in [6.07, 6.45) is 1.71. The van der Waals surface area contributed by atoms with E-state index in [4.69, 9.17) is 9.15 Å². The topological polar surface area (TPSA) is 55.3 Å². The number of aromatic nitrogens is 1. The molecule has 138 valence electrons. The van der Waals surface area contributed by atoms with E-state index in [1.165, 1.54) is 0 Å². The lowest BCUT2D eigenvalue weighted by Gasteiger charge is -2.19. The summed E-state index contributed by atoms with van der Waals surface area (Å²) in [6.45, 7) is 5.61. The van der Waals surface area contributed by atoms with Crippen molar-refractivity contribution >= 4 is 11.7 Å². The fourth-order valence-electron chi connectivity index (χ4n) is 3.17. The lowest BCUT2D eigenvalue weighted by molar-refractivity contribution is -0.154. The summed E-state index contributed by atoms with van der Waals surface area (Å²) >= 11 is 0. The van der Waals surface area contributed by atoms with Gasteiger partial charge in [0.2, 0.25) is 5.89 Å². The normalized spacial score (nSPS) is 19.0. The van der Waals surface area contributed by atoms with Crippen molar-refractivity contribution in [3.8, 4) is 11.3 Å². The Kier molecular flexibility index (Phi) is 4.22. The van der Waals surface area contributed by atoms with E-state index in [-0.39, 0.29) is 12.0 Å². The van der Waals surface area contributed by atoms with Gasteiger partial charge >= 0.3 is 5.97 Å². The van der Waals surface area contributed by atoms with Crippen LogP contribution in [0.3, 0.4) is 0 Å². The minimum Gasteiger partial charge on any atom is -0.458 e. The molecule has 1 aliphatic rings. The molecule has 0 N–H and O–H groups in total. The number of carbonyl (C=O) groups is 1. The Morgan fingerprint density at radius 2 is 1.67 bits per heavy atom. The molecule has 5 heteroatoms. The van der Waals surface area contributed by atoms with Crippen molar-refractivity contribution in [3.63, 3.8) is 0 Å². The van der Waals surface area contributed by atoms with Crippen LogP contribution in [0.5, 0.6) is 0 Å². The third kappa shape index (κ3) is 3.58. The van der Waals surface area contributed by atoms with E-state index in [2.05, 4.69) is 4.98 Å². The molecule has 0 radical (unpaired) electrons. The summed E-state index contributed by atoms with van der Waals surface area (Å²) in [5, 5.41) is 0. The molecular weight excluding hydrogens is 340 g/mol. The van der Waals surface area contributed by atoms with Crippen LogP contribution in [0.15, 0.2) is 71.3 Å². The Morgan fingerprint density at radius 3 is 2.30 bits per heavy atom. The minimum absolute atomic E-state index is 0.264. The molecular formula is C22H22N2O3. The minimum atomic E-state index is -0.543. The van der Waals surface area contributed by atoms with Crippen molar-refractivity contribution in [2.24, 2.45) is 0 Å². The summed E-state index contributed by atoms with van der Waals surface area (Å²) in [5.74, 6) is 0.942. The molecule has 2 atom stereocenters. The maximum absolute atomic E-state index is 12.7. The Morgan fingerprint density at radius 1 is 1.04 bits per heavy atom. The number of hydrogen-bond donors (Lipinski definition) is 0. The Bertz CT molecular complexity index is 929. The lowest BCUT2D eigenvalue weighted by atomic mass is 10.2. The number of nitrogens with zero attached hydrogens (tertiary/aromatic N) is 2. The maximum atomic E-state index is 12.7. The molecule has 0 saturated carbocycles. The van der Waals surface area contributed by atoms with Crippen LogP contribution in [-0.4, -0.2) is 22.6 Å². The van der Waals surface area contributed by atoms with E-state index in [9.17, 15) is 4.79 Å². The van der Waals surface area contributed by atoms with Gasteiger partial charge < -0.3 is 14.1 Å². The number of esters is 1. The van der Waals surface area contributed by atoms with Gasteiger partial charge in [0.25, 0.3) is 0 Å². The van der Waals surface area contributed by atoms with Crippen molar-refractivity contribution in [1.29, 1.82) is 0 Å². The van der Waals surface area contributed by atoms with Crippen molar-refractivity contribution < 1.29 is 13.9 Å². The summed E-state index contributed by atoms with van der Waals surface area (Å²) in [7, 11) is 0. The summed E-state index contributed by atoms with van der Waals surface area (Å²) < 4.78 is 11.6. The van der Waals surface area contributed by atoms with Gasteiger partial charge in [0.1, 0.15) is 11.6 Å². The number of rotatable bonds is 4. The standard InChI is InChI=1S/C22H22N2O3/c1-22(2,3)27-21(25)19-18(24(19)16-12-8-5-9-13-16)20-23-14-17(26-20)15-10-6-4-7-11-15/h4-14,18-19H,1-3H3/t18-,19+,24?/m1/s1. The monoisotopic (exact) mass is 362 g/mol. The Balaban J connectivity index is 1.63. The van der Waals surface area contributed by atoms with E-state index in [1.807, 2.05) is 86.3 Å². The fourth-order valence-corrected chi connectivity index (χ4v) is 3.17. The first-order valence-corrected chi connectivity index (χ1v) is 9.01. The number of oxazole rings is 1. The average Bonchev–Trinajstić information content (AvgIpc) is 3.21. The van der Waals surface area contributed by atoms with Crippen LogP contribution in [0.25, 0.3) is 11.3 Å². The van der Waals surface area contributed by atoms with Crippen LogP contribution in [0.2, 0.25) is 0 Å². The highest BCUT2D eigenvalue weighted by molar-refractivity contribution is 5.88. The van der Waals surface area contributed by atoms with Crippen LogP contribution < -0.4 is 4.90 Å². The molecule has 2 heterocycles. The molecule has 0 amide bonds. The van der Waals surface area contributed by atoms with Gasteiger partial charge in [-0.1, -0.05) is 48.5 Å². The van der Waals surface area contributed by atoms with Crippen LogP contribution in [0, 0.1) is 0 Å². The van der Waals surface area contributed by atoms with E-state index in [0.29, 0.717) is 11.7 Å². The number of para-hydroxylation sites is 1. The number of benzene rings is 2. The number of carbonyl (C=O) groups excluding carboxylic acids is 1. The summed E-state index contributed by atoms with van der Waals surface area (Å²) in [4.78, 5) is 19.2. The Labute approximate surface area is 158 Å². The molecule has 0 bridgehead atoms. The van der Waals surface area contributed by atoms with E-state index in [0.717, 1.165) is 11.3 Å². The lowest BCUT2D eigenvalue weighted by Crippen LogP contribution is -2.28. The second-order valence-electron chi connectivity index (χ2n) is 7.59. The highest BCUT2D eigenvalue weighted by Crippen LogP contribution is 2.48. The molecule has 1 aliphatic heterocycles. The zero-order chi connectivity index (χ0) is 19.0. The highest BCUT2D eigenvalue weighted by Gasteiger charge is 2.58. The van der Waals surface area contributed by atoms with E-state index >= 15 is 0 Å². The third-order valence-corrected chi connectivity index (χ3v) is 4.35. The molecule has 27 heavy (non-hydrogen) atoms. The van der Waals surface area contributed by atoms with Crippen molar-refractivity contribution in [2.75, 3.05) is 4.90 Å². The fraction of sp³-hybridized carbons (Fsp3) is 0.273. The first-order valence-electron chi connectivity index (χ1n) is 9.01. The van der Waals surface area contributed by atoms with Crippen LogP contribution in [-0.2, 0) is 9.53 Å². The van der Waals surface area contributed by atoms with E-state index < -0.39 is 11.6 Å².